The minimum absolute atomic E-state index is 0.684. The van der Waals surface area contributed by atoms with Gasteiger partial charge in [0.15, 0.2) is 0 Å². The van der Waals surface area contributed by atoms with Gasteiger partial charge in [0.05, 0.1) is 0 Å². The molecule has 0 spiro atoms. The molecule has 0 unspecified atom stereocenters. The van der Waals surface area contributed by atoms with E-state index in [-0.39, 0.29) is 0 Å². The maximum atomic E-state index is 2.60. The van der Waals surface area contributed by atoms with Gasteiger partial charge in [-0.1, -0.05) is 20.8 Å². The molecule has 0 aromatic heterocycles. The number of piperidine rings is 2. The summed E-state index contributed by atoms with van der Waals surface area (Å²) in [5.41, 5.74) is 1.37. The van der Waals surface area contributed by atoms with Crippen molar-refractivity contribution in [2.75, 3.05) is 19.6 Å². The number of rotatable bonds is 1. The molecule has 3 aliphatic rings. The average Bonchev–Trinajstić information content (AvgIpc) is 1.82. The molecule has 0 radical (unpaired) electrons. The highest BCUT2D eigenvalue weighted by molar-refractivity contribution is 5.05. The maximum absolute atomic E-state index is 2.60. The lowest BCUT2D eigenvalue weighted by molar-refractivity contribution is -0.111. The van der Waals surface area contributed by atoms with E-state index in [4.69, 9.17) is 0 Å². The molecule has 11 heavy (non-hydrogen) atoms. The third-order valence-corrected chi connectivity index (χ3v) is 3.36. The van der Waals surface area contributed by atoms with Crippen molar-refractivity contribution in [1.29, 1.82) is 0 Å². The molecule has 2 aliphatic heterocycles. The first-order valence-corrected chi connectivity index (χ1v) is 4.78. The first kappa shape index (κ1) is 7.60. The third-order valence-electron chi connectivity index (χ3n) is 3.36. The molecule has 0 aromatic rings. The van der Waals surface area contributed by atoms with Gasteiger partial charge in [0.2, 0.25) is 0 Å². The fourth-order valence-corrected chi connectivity index (χ4v) is 3.59. The molecule has 2 heterocycles. The van der Waals surface area contributed by atoms with E-state index in [9.17, 15) is 0 Å². The highest BCUT2D eigenvalue weighted by Gasteiger charge is 2.53. The Kier molecular flexibility index (Phi) is 1.39. The van der Waals surface area contributed by atoms with Crippen molar-refractivity contribution in [1.82, 2.24) is 4.90 Å². The third kappa shape index (κ3) is 1.10. The zero-order valence-electron chi connectivity index (χ0n) is 7.98. The van der Waals surface area contributed by atoms with Gasteiger partial charge in [0.1, 0.15) is 0 Å². The molecule has 0 aromatic carbocycles. The second kappa shape index (κ2) is 2.01. The standard InChI is InChI=1S/C10H19N/c1-4-11-7-9(2)5-10(3,6-9)8-11/h4-8H2,1-3H3. The summed E-state index contributed by atoms with van der Waals surface area (Å²) < 4.78 is 0. The maximum Gasteiger partial charge on any atom is 0.00359 e. The SMILES string of the molecule is CCN1CC2(C)CC(C)(C1)C2. The van der Waals surface area contributed by atoms with Crippen LogP contribution in [-0.4, -0.2) is 24.5 Å². The van der Waals surface area contributed by atoms with Gasteiger partial charge < -0.3 is 4.90 Å². The van der Waals surface area contributed by atoms with Crippen molar-refractivity contribution in [3.8, 4) is 0 Å². The monoisotopic (exact) mass is 153 g/mol. The average molecular weight is 153 g/mol. The van der Waals surface area contributed by atoms with Crippen LogP contribution in [-0.2, 0) is 0 Å². The molecule has 1 aliphatic carbocycles. The Bertz CT molecular complexity index is 152. The molecule has 2 bridgehead atoms. The van der Waals surface area contributed by atoms with Gasteiger partial charge in [0.25, 0.3) is 0 Å². The largest absolute Gasteiger partial charge is 0.303 e. The van der Waals surface area contributed by atoms with Crippen molar-refractivity contribution in [3.05, 3.63) is 0 Å². The predicted octanol–water partition coefficient (Wildman–Crippen LogP) is 2.13. The topological polar surface area (TPSA) is 3.24 Å². The molecule has 3 rings (SSSR count). The molecule has 2 saturated heterocycles. The molecular weight excluding hydrogens is 134 g/mol. The zero-order chi connectivity index (χ0) is 8.11. The summed E-state index contributed by atoms with van der Waals surface area (Å²) in [5, 5.41) is 0. The Morgan fingerprint density at radius 1 is 1.09 bits per heavy atom. The van der Waals surface area contributed by atoms with Crippen LogP contribution in [0.5, 0.6) is 0 Å². The van der Waals surface area contributed by atoms with Crippen LogP contribution in [0.25, 0.3) is 0 Å². The van der Waals surface area contributed by atoms with Crippen LogP contribution >= 0.6 is 0 Å². The number of hydrogen-bond donors (Lipinski definition) is 0. The molecule has 1 saturated carbocycles. The lowest BCUT2D eigenvalue weighted by Crippen LogP contribution is -2.60. The van der Waals surface area contributed by atoms with Crippen molar-refractivity contribution in [2.24, 2.45) is 10.8 Å². The van der Waals surface area contributed by atoms with Gasteiger partial charge in [-0.25, -0.2) is 0 Å². The Labute approximate surface area is 69.8 Å². The molecular formula is C10H19N. The molecule has 1 nitrogen and oxygen atoms in total. The fourth-order valence-electron chi connectivity index (χ4n) is 3.59. The Morgan fingerprint density at radius 3 is 1.91 bits per heavy atom. The van der Waals surface area contributed by atoms with E-state index in [0.29, 0.717) is 10.8 Å². The molecule has 3 fully saturated rings. The number of nitrogens with zero attached hydrogens (tertiary/aromatic N) is 1. The van der Waals surface area contributed by atoms with Crippen LogP contribution in [0.1, 0.15) is 33.6 Å². The van der Waals surface area contributed by atoms with Crippen LogP contribution in [0.3, 0.4) is 0 Å². The van der Waals surface area contributed by atoms with Crippen molar-refractivity contribution >= 4 is 0 Å². The van der Waals surface area contributed by atoms with Crippen molar-refractivity contribution in [3.63, 3.8) is 0 Å². The van der Waals surface area contributed by atoms with Crippen LogP contribution in [0, 0.1) is 10.8 Å². The summed E-state index contributed by atoms with van der Waals surface area (Å²) in [7, 11) is 0. The summed E-state index contributed by atoms with van der Waals surface area (Å²) in [6.07, 6.45) is 2.94. The predicted molar refractivity (Wildman–Crippen MR) is 47.6 cm³/mol. The summed E-state index contributed by atoms with van der Waals surface area (Å²) >= 11 is 0. The van der Waals surface area contributed by atoms with E-state index in [2.05, 4.69) is 25.7 Å². The lowest BCUT2D eigenvalue weighted by atomic mass is 9.51. The van der Waals surface area contributed by atoms with E-state index < -0.39 is 0 Å². The van der Waals surface area contributed by atoms with Gasteiger partial charge in [-0.15, -0.1) is 0 Å². The Hall–Kier alpha value is -0.0400. The molecule has 64 valence electrons. The fraction of sp³-hybridized carbons (Fsp3) is 1.00. The van der Waals surface area contributed by atoms with Crippen LogP contribution in [0.2, 0.25) is 0 Å². The molecule has 0 atom stereocenters. The van der Waals surface area contributed by atoms with Gasteiger partial charge in [-0.05, 0) is 30.2 Å². The quantitative estimate of drug-likeness (QED) is 0.558. The molecule has 1 heteroatoms. The summed E-state index contributed by atoms with van der Waals surface area (Å²) in [6, 6.07) is 0. The Balaban J connectivity index is 2.07. The Morgan fingerprint density at radius 2 is 1.55 bits per heavy atom. The zero-order valence-corrected chi connectivity index (χ0v) is 7.98. The van der Waals surface area contributed by atoms with Gasteiger partial charge >= 0.3 is 0 Å². The minimum atomic E-state index is 0.684. The summed E-state index contributed by atoms with van der Waals surface area (Å²) in [6.45, 7) is 11.1. The second-order valence-electron chi connectivity index (χ2n) is 5.28. The van der Waals surface area contributed by atoms with Crippen LogP contribution < -0.4 is 0 Å². The van der Waals surface area contributed by atoms with Crippen LogP contribution in [0.4, 0.5) is 0 Å². The smallest absolute Gasteiger partial charge is 0.00359 e. The van der Waals surface area contributed by atoms with E-state index >= 15 is 0 Å². The number of fused-ring (bicyclic) bond motifs is 2. The van der Waals surface area contributed by atoms with Crippen molar-refractivity contribution in [2.45, 2.75) is 33.6 Å². The second-order valence-corrected chi connectivity index (χ2v) is 5.28. The van der Waals surface area contributed by atoms with Gasteiger partial charge in [-0.2, -0.15) is 0 Å². The normalized spacial score (nSPS) is 50.5. The lowest BCUT2D eigenvalue weighted by Gasteiger charge is -2.61. The van der Waals surface area contributed by atoms with Crippen LogP contribution in [0.15, 0.2) is 0 Å². The minimum Gasteiger partial charge on any atom is -0.303 e. The van der Waals surface area contributed by atoms with Gasteiger partial charge in [0, 0.05) is 13.1 Å². The first-order chi connectivity index (χ1) is 5.05. The van der Waals surface area contributed by atoms with Crippen molar-refractivity contribution < 1.29 is 0 Å². The van der Waals surface area contributed by atoms with E-state index in [1.54, 1.807) is 0 Å². The molecule has 0 amide bonds. The van der Waals surface area contributed by atoms with Gasteiger partial charge in [-0.3, -0.25) is 0 Å². The first-order valence-electron chi connectivity index (χ1n) is 4.78. The summed E-state index contributed by atoms with van der Waals surface area (Å²) in [5.74, 6) is 0. The van der Waals surface area contributed by atoms with E-state index in [0.717, 1.165) is 0 Å². The highest BCUT2D eigenvalue weighted by Crippen LogP contribution is 2.58. The molecule has 0 N–H and O–H groups in total. The van der Waals surface area contributed by atoms with E-state index in [1.807, 2.05) is 0 Å². The highest BCUT2D eigenvalue weighted by atomic mass is 15.2. The van der Waals surface area contributed by atoms with E-state index in [1.165, 1.54) is 32.5 Å². The number of hydrogen-bond acceptors (Lipinski definition) is 1. The summed E-state index contributed by atoms with van der Waals surface area (Å²) in [4.78, 5) is 2.60.